The van der Waals surface area contributed by atoms with Crippen LogP contribution in [0.15, 0.2) is 71.9 Å². The van der Waals surface area contributed by atoms with Crippen molar-refractivity contribution in [1.82, 2.24) is 9.78 Å². The van der Waals surface area contributed by atoms with Crippen LogP contribution in [0.25, 0.3) is 5.69 Å². The Morgan fingerprint density at radius 2 is 1.87 bits per heavy atom. The van der Waals surface area contributed by atoms with Gasteiger partial charge in [0.25, 0.3) is 10.0 Å². The van der Waals surface area contributed by atoms with Gasteiger partial charge in [0.1, 0.15) is 5.75 Å². The average molecular weight is 329 g/mol. The third-order valence-electron chi connectivity index (χ3n) is 3.24. The molecule has 0 aliphatic carbocycles. The van der Waals surface area contributed by atoms with Crippen molar-refractivity contribution in [2.75, 3.05) is 11.8 Å². The molecule has 0 aliphatic rings. The molecule has 118 valence electrons. The third kappa shape index (κ3) is 3.35. The van der Waals surface area contributed by atoms with Crippen molar-refractivity contribution in [2.24, 2.45) is 0 Å². The molecule has 0 bridgehead atoms. The number of rotatable bonds is 5. The fraction of sp³-hybridized carbons (Fsp3) is 0.0625. The molecule has 2 aromatic carbocycles. The van der Waals surface area contributed by atoms with E-state index < -0.39 is 10.0 Å². The van der Waals surface area contributed by atoms with Crippen molar-refractivity contribution < 1.29 is 13.2 Å². The summed E-state index contributed by atoms with van der Waals surface area (Å²) < 4.78 is 34.1. The summed E-state index contributed by atoms with van der Waals surface area (Å²) >= 11 is 0. The van der Waals surface area contributed by atoms with Gasteiger partial charge in [0.05, 0.1) is 23.4 Å². The summed E-state index contributed by atoms with van der Waals surface area (Å²) in [4.78, 5) is 0.169. The summed E-state index contributed by atoms with van der Waals surface area (Å²) in [7, 11) is -2.13. The van der Waals surface area contributed by atoms with E-state index in [0.717, 1.165) is 5.69 Å². The average Bonchev–Trinajstić information content (AvgIpc) is 3.09. The molecular weight excluding hydrogens is 314 g/mol. The number of methoxy groups -OCH3 is 1. The molecule has 0 radical (unpaired) electrons. The fourth-order valence-corrected chi connectivity index (χ4v) is 3.15. The molecule has 0 spiro atoms. The Labute approximate surface area is 134 Å². The van der Waals surface area contributed by atoms with Gasteiger partial charge in [-0.2, -0.15) is 5.10 Å². The van der Waals surface area contributed by atoms with Crippen LogP contribution in [0, 0.1) is 0 Å². The second kappa shape index (κ2) is 6.13. The van der Waals surface area contributed by atoms with Crippen LogP contribution in [0.1, 0.15) is 0 Å². The van der Waals surface area contributed by atoms with E-state index in [0.29, 0.717) is 11.4 Å². The number of hydrogen-bond donors (Lipinski definition) is 1. The Kier molecular flexibility index (Phi) is 4.03. The van der Waals surface area contributed by atoms with Gasteiger partial charge in [0.15, 0.2) is 0 Å². The van der Waals surface area contributed by atoms with Crippen molar-refractivity contribution in [3.63, 3.8) is 0 Å². The highest BCUT2D eigenvalue weighted by molar-refractivity contribution is 7.92. The topological polar surface area (TPSA) is 73.2 Å². The monoisotopic (exact) mass is 329 g/mol. The maximum atomic E-state index is 12.4. The molecule has 1 heterocycles. The molecule has 0 fully saturated rings. The Morgan fingerprint density at radius 3 is 2.52 bits per heavy atom. The highest BCUT2D eigenvalue weighted by Crippen LogP contribution is 2.20. The summed E-state index contributed by atoms with van der Waals surface area (Å²) in [6.07, 6.45) is 3.45. The molecule has 0 atom stereocenters. The normalized spacial score (nSPS) is 11.2. The van der Waals surface area contributed by atoms with Gasteiger partial charge in [-0.3, -0.25) is 4.72 Å². The number of hydrogen-bond acceptors (Lipinski definition) is 4. The first-order valence-corrected chi connectivity index (χ1v) is 8.34. The lowest BCUT2D eigenvalue weighted by atomic mass is 10.3. The highest BCUT2D eigenvalue weighted by Gasteiger charge is 2.14. The van der Waals surface area contributed by atoms with Crippen LogP contribution in [0.3, 0.4) is 0 Å². The van der Waals surface area contributed by atoms with E-state index >= 15 is 0 Å². The van der Waals surface area contributed by atoms with Gasteiger partial charge in [-0.05, 0) is 48.5 Å². The minimum Gasteiger partial charge on any atom is -0.497 e. The summed E-state index contributed by atoms with van der Waals surface area (Å²) in [5.74, 6) is 0.602. The molecule has 23 heavy (non-hydrogen) atoms. The summed E-state index contributed by atoms with van der Waals surface area (Å²) in [6.45, 7) is 0. The Hall–Kier alpha value is -2.80. The summed E-state index contributed by atoms with van der Waals surface area (Å²) in [6, 6.07) is 15.0. The van der Waals surface area contributed by atoms with Crippen molar-refractivity contribution in [2.45, 2.75) is 4.90 Å². The maximum Gasteiger partial charge on any atom is 0.261 e. The molecule has 3 rings (SSSR count). The number of aromatic nitrogens is 2. The van der Waals surface area contributed by atoms with Crippen molar-refractivity contribution >= 4 is 15.7 Å². The van der Waals surface area contributed by atoms with Crippen LogP contribution in [0.2, 0.25) is 0 Å². The minimum absolute atomic E-state index is 0.169. The van der Waals surface area contributed by atoms with E-state index in [9.17, 15) is 8.42 Å². The lowest BCUT2D eigenvalue weighted by Gasteiger charge is -2.10. The predicted molar refractivity (Wildman–Crippen MR) is 87.4 cm³/mol. The van der Waals surface area contributed by atoms with Gasteiger partial charge in [0.2, 0.25) is 0 Å². The van der Waals surface area contributed by atoms with E-state index in [1.807, 2.05) is 6.07 Å². The van der Waals surface area contributed by atoms with Crippen LogP contribution in [-0.4, -0.2) is 25.3 Å². The lowest BCUT2D eigenvalue weighted by molar-refractivity contribution is 0.414. The van der Waals surface area contributed by atoms with E-state index in [4.69, 9.17) is 4.74 Å². The smallest absolute Gasteiger partial charge is 0.261 e. The number of benzene rings is 2. The molecular formula is C16H15N3O3S. The van der Waals surface area contributed by atoms with Crippen LogP contribution in [0.5, 0.6) is 5.75 Å². The molecule has 3 aromatic rings. The van der Waals surface area contributed by atoms with Gasteiger partial charge in [-0.1, -0.05) is 6.07 Å². The zero-order chi connectivity index (χ0) is 16.3. The largest absolute Gasteiger partial charge is 0.497 e. The van der Waals surface area contributed by atoms with Gasteiger partial charge in [0, 0.05) is 12.4 Å². The second-order valence-corrected chi connectivity index (χ2v) is 6.46. The number of sulfonamides is 1. The highest BCUT2D eigenvalue weighted by atomic mass is 32.2. The van der Waals surface area contributed by atoms with E-state index in [2.05, 4.69) is 9.82 Å². The molecule has 7 heteroatoms. The van der Waals surface area contributed by atoms with Crippen molar-refractivity contribution in [3.05, 3.63) is 67.0 Å². The first kappa shape index (κ1) is 15.1. The van der Waals surface area contributed by atoms with Gasteiger partial charge in [-0.15, -0.1) is 0 Å². The van der Waals surface area contributed by atoms with Gasteiger partial charge >= 0.3 is 0 Å². The summed E-state index contributed by atoms with van der Waals surface area (Å²) in [5.41, 5.74) is 1.23. The van der Waals surface area contributed by atoms with E-state index in [1.165, 1.54) is 19.2 Å². The Balaban J connectivity index is 1.87. The van der Waals surface area contributed by atoms with Crippen LogP contribution < -0.4 is 9.46 Å². The van der Waals surface area contributed by atoms with Crippen LogP contribution in [0.4, 0.5) is 5.69 Å². The molecule has 1 aromatic heterocycles. The lowest BCUT2D eigenvalue weighted by Crippen LogP contribution is -2.13. The van der Waals surface area contributed by atoms with Crippen LogP contribution >= 0.6 is 0 Å². The number of anilines is 1. The predicted octanol–water partition coefficient (Wildman–Crippen LogP) is 2.68. The molecule has 0 unspecified atom stereocenters. The summed E-state index contributed by atoms with van der Waals surface area (Å²) in [5, 5.41) is 4.13. The SMILES string of the molecule is COc1ccc(S(=O)(=O)Nc2cccc(-n3cccn3)c2)cc1. The zero-order valence-electron chi connectivity index (χ0n) is 12.4. The number of nitrogens with zero attached hydrogens (tertiary/aromatic N) is 2. The van der Waals surface area contributed by atoms with Crippen molar-refractivity contribution in [3.8, 4) is 11.4 Å². The standard InChI is InChI=1S/C16H15N3O3S/c1-22-15-6-8-16(9-7-15)23(20,21)18-13-4-2-5-14(12-13)19-11-3-10-17-19/h2-12,18H,1H3. The molecule has 1 N–H and O–H groups in total. The Bertz CT molecular complexity index is 889. The molecule has 0 saturated carbocycles. The zero-order valence-corrected chi connectivity index (χ0v) is 13.2. The van der Waals surface area contributed by atoms with Crippen molar-refractivity contribution in [1.29, 1.82) is 0 Å². The first-order chi connectivity index (χ1) is 11.1. The fourth-order valence-electron chi connectivity index (χ4n) is 2.10. The molecule has 0 saturated heterocycles. The first-order valence-electron chi connectivity index (χ1n) is 6.85. The molecule has 0 aliphatic heterocycles. The van der Waals surface area contributed by atoms with Crippen LogP contribution in [-0.2, 0) is 10.0 Å². The number of ether oxygens (including phenoxy) is 1. The molecule has 0 amide bonds. The second-order valence-electron chi connectivity index (χ2n) is 4.78. The number of nitrogens with one attached hydrogen (secondary N) is 1. The molecule has 6 nitrogen and oxygen atoms in total. The van der Waals surface area contributed by atoms with Gasteiger partial charge in [-0.25, -0.2) is 13.1 Å². The van der Waals surface area contributed by atoms with E-state index in [-0.39, 0.29) is 4.90 Å². The quantitative estimate of drug-likeness (QED) is 0.781. The third-order valence-corrected chi connectivity index (χ3v) is 4.63. The minimum atomic E-state index is -3.66. The van der Waals surface area contributed by atoms with E-state index in [1.54, 1.807) is 53.5 Å². The Morgan fingerprint density at radius 1 is 1.09 bits per heavy atom. The maximum absolute atomic E-state index is 12.4. The van der Waals surface area contributed by atoms with Gasteiger partial charge < -0.3 is 4.74 Å².